The van der Waals surface area contributed by atoms with Crippen molar-refractivity contribution in [3.8, 4) is 12.3 Å². The first kappa shape index (κ1) is 8.08. The number of hydrogen-bond donors (Lipinski definition) is 0. The summed E-state index contributed by atoms with van der Waals surface area (Å²) < 4.78 is 0. The summed E-state index contributed by atoms with van der Waals surface area (Å²) in [7, 11) is 0. The van der Waals surface area contributed by atoms with Crippen LogP contribution >= 0.6 is 0 Å². The van der Waals surface area contributed by atoms with E-state index < -0.39 is 0 Å². The maximum absolute atomic E-state index is 5.07. The van der Waals surface area contributed by atoms with E-state index in [1.54, 1.807) is 0 Å². The van der Waals surface area contributed by atoms with E-state index in [1.807, 2.05) is 0 Å². The molecule has 0 nitrogen and oxygen atoms in total. The summed E-state index contributed by atoms with van der Waals surface area (Å²) in [5, 5.41) is 1.25. The predicted molar refractivity (Wildman–Crippen MR) is 39.1 cm³/mol. The molecule has 0 fully saturated rings. The first-order valence-corrected chi connectivity index (χ1v) is 5.02. The van der Waals surface area contributed by atoms with Crippen LogP contribution in [0.5, 0.6) is 0 Å². The standard InChI is InChI=1S/C7H12Se/c1-4-5-6-8-7(2)3/h1,7H,5-6H2,2-3H3. The Morgan fingerprint density at radius 1 is 1.62 bits per heavy atom. The molecule has 0 aromatic heterocycles. The van der Waals surface area contributed by atoms with Crippen molar-refractivity contribution in [3.63, 3.8) is 0 Å². The van der Waals surface area contributed by atoms with Gasteiger partial charge in [0.05, 0.1) is 0 Å². The molecule has 0 atom stereocenters. The molecule has 0 saturated heterocycles. The fourth-order valence-corrected chi connectivity index (χ4v) is 1.84. The number of hydrogen-bond acceptors (Lipinski definition) is 0. The van der Waals surface area contributed by atoms with Gasteiger partial charge in [0, 0.05) is 0 Å². The van der Waals surface area contributed by atoms with Crippen LogP contribution in [0.25, 0.3) is 0 Å². The van der Waals surface area contributed by atoms with Crippen LogP contribution in [0.2, 0.25) is 10.1 Å². The van der Waals surface area contributed by atoms with Gasteiger partial charge in [0.15, 0.2) is 0 Å². The Bertz CT molecular complexity index is 78.9. The molecular weight excluding hydrogens is 163 g/mol. The molecule has 0 unspecified atom stereocenters. The summed E-state index contributed by atoms with van der Waals surface area (Å²) in [5.74, 6) is 2.64. The molecule has 0 aliphatic heterocycles. The average Bonchev–Trinajstić information content (AvgIpc) is 1.66. The van der Waals surface area contributed by atoms with Gasteiger partial charge in [-0.15, -0.1) is 0 Å². The van der Waals surface area contributed by atoms with Crippen molar-refractivity contribution in [2.24, 2.45) is 0 Å². The minimum atomic E-state index is 0.784. The summed E-state index contributed by atoms with van der Waals surface area (Å²) in [5.41, 5.74) is 0. The SMILES string of the molecule is C#CCC[Se]C(C)C. The molecule has 0 aromatic carbocycles. The summed E-state index contributed by atoms with van der Waals surface area (Å²) >= 11 is 0.784. The van der Waals surface area contributed by atoms with E-state index >= 15 is 0 Å². The quantitative estimate of drug-likeness (QED) is 0.349. The zero-order valence-corrected chi connectivity index (χ0v) is 7.19. The van der Waals surface area contributed by atoms with Crippen LogP contribution in [0.4, 0.5) is 0 Å². The molecule has 0 spiro atoms. The molecule has 0 aliphatic carbocycles. The molecule has 0 aromatic rings. The Hall–Kier alpha value is 0.0795. The van der Waals surface area contributed by atoms with Gasteiger partial charge in [0.2, 0.25) is 0 Å². The van der Waals surface area contributed by atoms with Crippen LogP contribution in [0.3, 0.4) is 0 Å². The first-order valence-electron chi connectivity index (χ1n) is 2.82. The third kappa shape index (κ3) is 6.08. The van der Waals surface area contributed by atoms with Crippen molar-refractivity contribution in [1.82, 2.24) is 0 Å². The maximum atomic E-state index is 5.07. The second kappa shape index (κ2) is 5.22. The van der Waals surface area contributed by atoms with E-state index in [-0.39, 0.29) is 0 Å². The molecule has 0 saturated carbocycles. The average molecular weight is 175 g/mol. The first-order chi connectivity index (χ1) is 3.77. The van der Waals surface area contributed by atoms with Crippen molar-refractivity contribution in [2.45, 2.75) is 30.4 Å². The van der Waals surface area contributed by atoms with Gasteiger partial charge in [-0.05, 0) is 0 Å². The summed E-state index contributed by atoms with van der Waals surface area (Å²) in [6.07, 6.45) is 6.05. The summed E-state index contributed by atoms with van der Waals surface area (Å²) in [4.78, 5) is 0.871. The van der Waals surface area contributed by atoms with Crippen LogP contribution in [0, 0.1) is 12.3 Å². The molecule has 0 radical (unpaired) electrons. The van der Waals surface area contributed by atoms with Gasteiger partial charge in [-0.3, -0.25) is 0 Å². The molecule has 0 N–H and O–H groups in total. The van der Waals surface area contributed by atoms with Crippen molar-refractivity contribution < 1.29 is 0 Å². The minimum absolute atomic E-state index is 0.784. The number of rotatable bonds is 3. The molecule has 0 heterocycles. The second-order valence-electron chi connectivity index (χ2n) is 1.87. The monoisotopic (exact) mass is 176 g/mol. The molecule has 8 heavy (non-hydrogen) atoms. The van der Waals surface area contributed by atoms with Gasteiger partial charge in [-0.1, -0.05) is 0 Å². The van der Waals surface area contributed by atoms with E-state index in [9.17, 15) is 0 Å². The van der Waals surface area contributed by atoms with E-state index in [0.717, 1.165) is 26.2 Å². The van der Waals surface area contributed by atoms with E-state index in [4.69, 9.17) is 6.42 Å². The third-order valence-corrected chi connectivity index (χ3v) is 3.02. The Balaban J connectivity index is 2.85. The van der Waals surface area contributed by atoms with Crippen LogP contribution < -0.4 is 0 Å². The van der Waals surface area contributed by atoms with E-state index in [1.165, 1.54) is 5.32 Å². The van der Waals surface area contributed by atoms with Crippen molar-refractivity contribution in [1.29, 1.82) is 0 Å². The molecule has 46 valence electrons. The van der Waals surface area contributed by atoms with Crippen LogP contribution in [-0.2, 0) is 0 Å². The Labute approximate surface area is 58.2 Å². The molecular formula is C7H12Se. The molecule has 0 aliphatic rings. The summed E-state index contributed by atoms with van der Waals surface area (Å²) in [6, 6.07) is 0. The predicted octanol–water partition coefficient (Wildman–Crippen LogP) is 1.96. The van der Waals surface area contributed by atoms with Crippen molar-refractivity contribution in [3.05, 3.63) is 0 Å². The van der Waals surface area contributed by atoms with Gasteiger partial charge in [-0.25, -0.2) is 0 Å². The van der Waals surface area contributed by atoms with Crippen molar-refractivity contribution >= 4 is 15.0 Å². The summed E-state index contributed by atoms with van der Waals surface area (Å²) in [6.45, 7) is 4.49. The molecule has 0 amide bonds. The fourth-order valence-electron chi connectivity index (χ4n) is 0.354. The van der Waals surface area contributed by atoms with Crippen LogP contribution in [-0.4, -0.2) is 15.0 Å². The Kier molecular flexibility index (Phi) is 5.27. The van der Waals surface area contributed by atoms with Crippen LogP contribution in [0.15, 0.2) is 0 Å². The van der Waals surface area contributed by atoms with E-state index in [2.05, 4.69) is 19.8 Å². The fraction of sp³-hybridized carbons (Fsp3) is 0.714. The normalized spacial score (nSPS) is 9.25. The third-order valence-electron chi connectivity index (χ3n) is 0.698. The van der Waals surface area contributed by atoms with E-state index in [0.29, 0.717) is 0 Å². The Morgan fingerprint density at radius 3 is 2.62 bits per heavy atom. The van der Waals surface area contributed by atoms with Gasteiger partial charge in [0.25, 0.3) is 0 Å². The van der Waals surface area contributed by atoms with Gasteiger partial charge in [-0.2, -0.15) is 0 Å². The number of terminal acetylenes is 1. The van der Waals surface area contributed by atoms with Crippen LogP contribution in [0.1, 0.15) is 20.3 Å². The molecule has 0 bridgehead atoms. The van der Waals surface area contributed by atoms with Gasteiger partial charge < -0.3 is 0 Å². The topological polar surface area (TPSA) is 0 Å². The second-order valence-corrected chi connectivity index (χ2v) is 5.41. The Morgan fingerprint density at radius 2 is 2.25 bits per heavy atom. The van der Waals surface area contributed by atoms with Crippen molar-refractivity contribution in [2.75, 3.05) is 0 Å². The molecule has 0 rings (SSSR count). The molecule has 1 heteroatoms. The zero-order chi connectivity index (χ0) is 6.41. The van der Waals surface area contributed by atoms with Gasteiger partial charge >= 0.3 is 57.7 Å². The van der Waals surface area contributed by atoms with Gasteiger partial charge in [0.1, 0.15) is 0 Å². The zero-order valence-electron chi connectivity index (χ0n) is 5.48.